The highest BCUT2D eigenvalue weighted by molar-refractivity contribution is 9.10. The Balaban J connectivity index is 2.96. The first-order valence-electron chi connectivity index (χ1n) is 4.56. The maximum absolute atomic E-state index is 11.0. The fourth-order valence-electron chi connectivity index (χ4n) is 1.09. The molecule has 6 heteroatoms. The predicted molar refractivity (Wildman–Crippen MR) is 68.1 cm³/mol. The molecule has 1 rings (SSSR count). The van der Waals surface area contributed by atoms with Crippen LogP contribution in [0.4, 0.5) is 0 Å². The van der Waals surface area contributed by atoms with E-state index in [0.717, 1.165) is 0 Å². The molecule has 0 radical (unpaired) electrons. The summed E-state index contributed by atoms with van der Waals surface area (Å²) in [6, 6.07) is 3.15. The second-order valence-electron chi connectivity index (χ2n) is 3.11. The van der Waals surface area contributed by atoms with E-state index >= 15 is 0 Å². The summed E-state index contributed by atoms with van der Waals surface area (Å²) < 4.78 is 6.05. The van der Waals surface area contributed by atoms with Crippen LogP contribution in [-0.4, -0.2) is 12.0 Å². The summed E-state index contributed by atoms with van der Waals surface area (Å²) >= 11 is 15.1. The van der Waals surface area contributed by atoms with Crippen LogP contribution in [0.2, 0.25) is 10.0 Å². The molecule has 0 saturated heterocycles. The average molecular weight is 327 g/mol. The first-order chi connectivity index (χ1) is 7.45. The van der Waals surface area contributed by atoms with Crippen molar-refractivity contribution in [2.24, 2.45) is 5.73 Å². The summed E-state index contributed by atoms with van der Waals surface area (Å²) in [6.45, 7) is 1.80. The lowest BCUT2D eigenvalue weighted by molar-refractivity contribution is -0.124. The average Bonchev–Trinajstić information content (AvgIpc) is 2.21. The van der Waals surface area contributed by atoms with Gasteiger partial charge in [0.1, 0.15) is 5.75 Å². The van der Waals surface area contributed by atoms with Gasteiger partial charge in [-0.2, -0.15) is 0 Å². The molecule has 1 atom stereocenters. The van der Waals surface area contributed by atoms with Crippen molar-refractivity contribution >= 4 is 45.0 Å². The third kappa shape index (κ3) is 3.27. The van der Waals surface area contributed by atoms with E-state index in [-0.39, 0.29) is 0 Å². The number of carbonyl (C=O) groups is 1. The molecular formula is C10H10BrCl2NO2. The predicted octanol–water partition coefficient (Wildman–Crippen LogP) is 3.40. The van der Waals surface area contributed by atoms with Gasteiger partial charge in [-0.25, -0.2) is 0 Å². The van der Waals surface area contributed by atoms with Gasteiger partial charge in [0.25, 0.3) is 5.91 Å². The number of rotatable bonds is 4. The molecule has 88 valence electrons. The molecule has 3 nitrogen and oxygen atoms in total. The lowest BCUT2D eigenvalue weighted by atomic mass is 10.2. The van der Waals surface area contributed by atoms with Crippen molar-refractivity contribution in [2.75, 3.05) is 0 Å². The fraction of sp³-hybridized carbons (Fsp3) is 0.300. The molecular weight excluding hydrogens is 317 g/mol. The van der Waals surface area contributed by atoms with Gasteiger partial charge in [-0.15, -0.1) is 0 Å². The van der Waals surface area contributed by atoms with Crippen LogP contribution in [0.1, 0.15) is 13.3 Å². The number of hydrogen-bond acceptors (Lipinski definition) is 2. The summed E-state index contributed by atoms with van der Waals surface area (Å²) in [4.78, 5) is 11.0. The molecule has 0 bridgehead atoms. The zero-order chi connectivity index (χ0) is 12.3. The van der Waals surface area contributed by atoms with E-state index < -0.39 is 12.0 Å². The van der Waals surface area contributed by atoms with Crippen LogP contribution in [0.5, 0.6) is 5.75 Å². The van der Waals surface area contributed by atoms with Crippen LogP contribution in [0.3, 0.4) is 0 Å². The molecule has 16 heavy (non-hydrogen) atoms. The van der Waals surface area contributed by atoms with Gasteiger partial charge in [0, 0.05) is 10.5 Å². The molecule has 1 unspecified atom stereocenters. The molecule has 0 spiro atoms. The Hall–Kier alpha value is -0.450. The Morgan fingerprint density at radius 3 is 2.62 bits per heavy atom. The van der Waals surface area contributed by atoms with Crippen LogP contribution in [0.15, 0.2) is 16.6 Å². The van der Waals surface area contributed by atoms with E-state index in [2.05, 4.69) is 15.9 Å². The minimum atomic E-state index is -0.699. The summed E-state index contributed by atoms with van der Waals surface area (Å²) in [5.74, 6) is -0.182. The maximum atomic E-state index is 11.0. The molecule has 0 aliphatic carbocycles. The number of benzene rings is 1. The molecule has 0 aliphatic heterocycles. The molecule has 1 aromatic rings. The van der Waals surface area contributed by atoms with E-state index in [1.165, 1.54) is 0 Å². The van der Waals surface area contributed by atoms with Crippen molar-refractivity contribution in [2.45, 2.75) is 19.4 Å². The van der Waals surface area contributed by atoms with Crippen LogP contribution >= 0.6 is 39.1 Å². The number of primary amides is 1. The first kappa shape index (κ1) is 13.6. The third-order valence-corrected chi connectivity index (χ3v) is 3.42. The van der Waals surface area contributed by atoms with Gasteiger partial charge >= 0.3 is 0 Å². The van der Waals surface area contributed by atoms with Crippen LogP contribution in [-0.2, 0) is 4.79 Å². The topological polar surface area (TPSA) is 52.3 Å². The van der Waals surface area contributed by atoms with Crippen molar-refractivity contribution in [1.29, 1.82) is 0 Å². The molecule has 0 heterocycles. The Bertz CT molecular complexity index is 412. The lowest BCUT2D eigenvalue weighted by Crippen LogP contribution is -2.33. The summed E-state index contributed by atoms with van der Waals surface area (Å²) in [6.07, 6.45) is -0.228. The monoisotopic (exact) mass is 325 g/mol. The zero-order valence-electron chi connectivity index (χ0n) is 8.47. The standard InChI is InChI=1S/C10H10BrCl2NO2/c1-2-8(10(14)15)16-9-4-6(12)5(11)3-7(9)13/h3-4,8H,2H2,1H3,(H2,14,15). The fourth-order valence-corrected chi connectivity index (χ4v) is 1.93. The minimum absolute atomic E-state index is 0.348. The molecule has 1 amide bonds. The Morgan fingerprint density at radius 1 is 1.50 bits per heavy atom. The number of halogens is 3. The highest BCUT2D eigenvalue weighted by atomic mass is 79.9. The lowest BCUT2D eigenvalue weighted by Gasteiger charge is -2.15. The molecule has 0 aromatic heterocycles. The molecule has 0 saturated carbocycles. The Labute approximate surface area is 112 Å². The van der Waals surface area contributed by atoms with Crippen molar-refractivity contribution in [3.63, 3.8) is 0 Å². The van der Waals surface area contributed by atoms with E-state index in [9.17, 15) is 4.79 Å². The third-order valence-electron chi connectivity index (χ3n) is 1.93. The van der Waals surface area contributed by atoms with Gasteiger partial charge in [0.15, 0.2) is 6.10 Å². The van der Waals surface area contributed by atoms with Gasteiger partial charge in [0.05, 0.1) is 10.0 Å². The number of ether oxygens (including phenoxy) is 1. The second-order valence-corrected chi connectivity index (χ2v) is 4.78. The minimum Gasteiger partial charge on any atom is -0.479 e. The van der Waals surface area contributed by atoms with E-state index in [0.29, 0.717) is 26.7 Å². The summed E-state index contributed by atoms with van der Waals surface area (Å²) in [5.41, 5.74) is 5.16. The van der Waals surface area contributed by atoms with Gasteiger partial charge in [-0.3, -0.25) is 4.79 Å². The number of carbonyl (C=O) groups excluding carboxylic acids is 1. The number of nitrogens with two attached hydrogens (primary N) is 1. The molecule has 1 aromatic carbocycles. The smallest absolute Gasteiger partial charge is 0.258 e. The molecule has 0 aliphatic rings. The number of hydrogen-bond donors (Lipinski definition) is 1. The van der Waals surface area contributed by atoms with Gasteiger partial charge in [-0.1, -0.05) is 30.1 Å². The van der Waals surface area contributed by atoms with Gasteiger partial charge in [-0.05, 0) is 28.4 Å². The Morgan fingerprint density at radius 2 is 2.12 bits per heavy atom. The zero-order valence-corrected chi connectivity index (χ0v) is 11.6. The quantitative estimate of drug-likeness (QED) is 0.862. The Kier molecular flexibility index (Phi) is 4.89. The normalized spacial score (nSPS) is 12.2. The van der Waals surface area contributed by atoms with Crippen LogP contribution in [0.25, 0.3) is 0 Å². The van der Waals surface area contributed by atoms with Gasteiger partial charge in [0.2, 0.25) is 0 Å². The van der Waals surface area contributed by atoms with E-state index in [1.54, 1.807) is 19.1 Å². The highest BCUT2D eigenvalue weighted by Gasteiger charge is 2.17. The molecule has 0 fully saturated rings. The van der Waals surface area contributed by atoms with Crippen LogP contribution < -0.4 is 10.5 Å². The van der Waals surface area contributed by atoms with Crippen molar-refractivity contribution in [3.05, 3.63) is 26.7 Å². The summed E-state index contributed by atoms with van der Waals surface area (Å²) in [5, 5.41) is 0.828. The molecule has 2 N–H and O–H groups in total. The summed E-state index contributed by atoms with van der Waals surface area (Å²) in [7, 11) is 0. The maximum Gasteiger partial charge on any atom is 0.258 e. The van der Waals surface area contributed by atoms with Crippen molar-refractivity contribution in [1.82, 2.24) is 0 Å². The van der Waals surface area contributed by atoms with Crippen LogP contribution in [0, 0.1) is 0 Å². The highest BCUT2D eigenvalue weighted by Crippen LogP contribution is 2.34. The largest absolute Gasteiger partial charge is 0.479 e. The number of amides is 1. The van der Waals surface area contributed by atoms with E-state index in [1.807, 2.05) is 0 Å². The van der Waals surface area contributed by atoms with Crippen molar-refractivity contribution in [3.8, 4) is 5.75 Å². The van der Waals surface area contributed by atoms with E-state index in [4.69, 9.17) is 33.7 Å². The first-order valence-corrected chi connectivity index (χ1v) is 6.11. The SMILES string of the molecule is CCC(Oc1cc(Cl)c(Br)cc1Cl)C(N)=O. The second kappa shape index (κ2) is 5.75. The van der Waals surface area contributed by atoms with Crippen molar-refractivity contribution < 1.29 is 9.53 Å². The van der Waals surface area contributed by atoms with Gasteiger partial charge < -0.3 is 10.5 Å².